The number of hydrogen-bond donors (Lipinski definition) is 0. The molecule has 0 aliphatic heterocycles. The molecular formula is C13H10Br2F3N3. The van der Waals surface area contributed by atoms with Gasteiger partial charge in [0.2, 0.25) is 0 Å². The van der Waals surface area contributed by atoms with Crippen LogP contribution in [0.2, 0.25) is 0 Å². The Kier molecular flexibility index (Phi) is 3.85. The van der Waals surface area contributed by atoms with E-state index in [1.165, 1.54) is 6.07 Å². The molecule has 2 aromatic rings. The number of halogens is 5. The van der Waals surface area contributed by atoms with E-state index in [-0.39, 0.29) is 17.4 Å². The maximum Gasteiger partial charge on any atom is 0.417 e. The summed E-state index contributed by atoms with van der Waals surface area (Å²) in [6.07, 6.45) is -2.54. The third-order valence-electron chi connectivity index (χ3n) is 3.33. The van der Waals surface area contributed by atoms with Gasteiger partial charge in [-0.3, -0.25) is 0 Å². The fourth-order valence-electron chi connectivity index (χ4n) is 2.26. The Labute approximate surface area is 135 Å². The highest BCUT2D eigenvalue weighted by molar-refractivity contribution is 9.10. The van der Waals surface area contributed by atoms with Gasteiger partial charge < -0.3 is 4.57 Å². The fourth-order valence-corrected chi connectivity index (χ4v) is 3.00. The van der Waals surface area contributed by atoms with E-state index in [2.05, 4.69) is 42.1 Å². The second-order valence-corrected chi connectivity index (χ2v) is 6.34. The van der Waals surface area contributed by atoms with Gasteiger partial charge in [-0.2, -0.15) is 13.2 Å². The molecular weight excluding hydrogens is 415 g/mol. The largest absolute Gasteiger partial charge is 0.417 e. The van der Waals surface area contributed by atoms with Crippen LogP contribution in [0, 0.1) is 0 Å². The highest BCUT2D eigenvalue weighted by Crippen LogP contribution is 2.43. The molecule has 0 amide bonds. The van der Waals surface area contributed by atoms with Gasteiger partial charge in [0.1, 0.15) is 5.82 Å². The Morgan fingerprint density at radius 1 is 1.24 bits per heavy atom. The zero-order chi connectivity index (χ0) is 15.2. The van der Waals surface area contributed by atoms with Crippen molar-refractivity contribution in [2.75, 3.05) is 0 Å². The van der Waals surface area contributed by atoms with E-state index < -0.39 is 11.7 Å². The minimum Gasteiger partial charge on any atom is -0.307 e. The molecule has 1 aliphatic rings. The van der Waals surface area contributed by atoms with Crippen molar-refractivity contribution in [1.29, 1.82) is 0 Å². The first-order valence-electron chi connectivity index (χ1n) is 6.28. The predicted molar refractivity (Wildman–Crippen MR) is 79.1 cm³/mol. The van der Waals surface area contributed by atoms with Gasteiger partial charge in [0.05, 0.1) is 10.9 Å². The first-order chi connectivity index (χ1) is 9.91. The minimum absolute atomic E-state index is 0.0669. The van der Waals surface area contributed by atoms with Crippen LogP contribution >= 0.6 is 31.9 Å². The molecule has 3 rings (SSSR count). The molecule has 21 heavy (non-hydrogen) atoms. The second kappa shape index (κ2) is 5.39. The van der Waals surface area contributed by atoms with Gasteiger partial charge in [-0.15, -0.1) is 10.2 Å². The topological polar surface area (TPSA) is 30.7 Å². The molecule has 1 saturated carbocycles. The zero-order valence-electron chi connectivity index (χ0n) is 10.7. The van der Waals surface area contributed by atoms with Crippen LogP contribution in [-0.4, -0.2) is 14.8 Å². The molecule has 1 aromatic carbocycles. The van der Waals surface area contributed by atoms with E-state index in [9.17, 15) is 13.2 Å². The van der Waals surface area contributed by atoms with E-state index in [1.807, 2.05) is 4.57 Å². The van der Waals surface area contributed by atoms with E-state index in [1.54, 1.807) is 6.07 Å². The summed E-state index contributed by atoms with van der Waals surface area (Å²) in [5, 5.41) is 8.46. The van der Waals surface area contributed by atoms with Crippen molar-refractivity contribution in [3.63, 3.8) is 0 Å². The quantitative estimate of drug-likeness (QED) is 0.652. The molecule has 1 heterocycles. The van der Waals surface area contributed by atoms with Crippen LogP contribution in [0.3, 0.4) is 0 Å². The van der Waals surface area contributed by atoms with Crippen LogP contribution in [-0.2, 0) is 11.5 Å². The molecule has 0 spiro atoms. The molecule has 1 aliphatic carbocycles. The first kappa shape index (κ1) is 15.0. The summed E-state index contributed by atoms with van der Waals surface area (Å²) in [5.74, 6) is 0.940. The zero-order valence-corrected chi connectivity index (χ0v) is 13.8. The third kappa shape index (κ3) is 2.88. The SMILES string of the molecule is FC(F)(F)c1cc(Br)ccc1-c1nnc(CBr)n1C1CC1. The van der Waals surface area contributed by atoms with Crippen molar-refractivity contribution in [3.05, 3.63) is 34.1 Å². The molecule has 0 saturated heterocycles. The number of aromatic nitrogens is 3. The van der Waals surface area contributed by atoms with Gasteiger partial charge in [0.25, 0.3) is 0 Å². The van der Waals surface area contributed by atoms with Crippen LogP contribution in [0.25, 0.3) is 11.4 Å². The van der Waals surface area contributed by atoms with Crippen LogP contribution in [0.1, 0.15) is 30.3 Å². The molecule has 112 valence electrons. The highest BCUT2D eigenvalue weighted by atomic mass is 79.9. The first-order valence-corrected chi connectivity index (χ1v) is 8.20. The number of hydrogen-bond acceptors (Lipinski definition) is 2. The molecule has 0 atom stereocenters. The number of nitrogens with zero attached hydrogens (tertiary/aromatic N) is 3. The van der Waals surface area contributed by atoms with Crippen molar-refractivity contribution in [1.82, 2.24) is 14.8 Å². The summed E-state index contributed by atoms with van der Waals surface area (Å²) in [6, 6.07) is 4.31. The van der Waals surface area contributed by atoms with Gasteiger partial charge in [0, 0.05) is 16.1 Å². The van der Waals surface area contributed by atoms with E-state index in [0.717, 1.165) is 18.9 Å². The summed E-state index contributed by atoms with van der Waals surface area (Å²) in [6.45, 7) is 0. The van der Waals surface area contributed by atoms with Crippen molar-refractivity contribution in [2.24, 2.45) is 0 Å². The maximum absolute atomic E-state index is 13.3. The lowest BCUT2D eigenvalue weighted by Crippen LogP contribution is -2.10. The van der Waals surface area contributed by atoms with Crippen molar-refractivity contribution in [2.45, 2.75) is 30.4 Å². The van der Waals surface area contributed by atoms with Crippen LogP contribution in [0.4, 0.5) is 13.2 Å². The molecule has 0 N–H and O–H groups in total. The number of rotatable bonds is 3. The average molecular weight is 425 g/mol. The van der Waals surface area contributed by atoms with Gasteiger partial charge >= 0.3 is 6.18 Å². The monoisotopic (exact) mass is 423 g/mol. The van der Waals surface area contributed by atoms with Crippen LogP contribution < -0.4 is 0 Å². The summed E-state index contributed by atoms with van der Waals surface area (Å²) < 4.78 is 42.0. The lowest BCUT2D eigenvalue weighted by Gasteiger charge is -2.14. The van der Waals surface area contributed by atoms with Gasteiger partial charge in [-0.05, 0) is 31.0 Å². The molecule has 0 unspecified atom stereocenters. The predicted octanol–water partition coefficient (Wildman–Crippen LogP) is 4.96. The summed E-state index contributed by atoms with van der Waals surface area (Å²) in [4.78, 5) is 0. The fraction of sp³-hybridized carbons (Fsp3) is 0.385. The molecule has 1 aromatic heterocycles. The van der Waals surface area contributed by atoms with Gasteiger partial charge in [0.15, 0.2) is 5.82 Å². The smallest absolute Gasteiger partial charge is 0.307 e. The maximum atomic E-state index is 13.3. The molecule has 0 bridgehead atoms. The van der Waals surface area contributed by atoms with Gasteiger partial charge in [-0.25, -0.2) is 0 Å². The Morgan fingerprint density at radius 3 is 2.52 bits per heavy atom. The van der Waals surface area contributed by atoms with E-state index in [0.29, 0.717) is 15.6 Å². The molecule has 8 heteroatoms. The molecule has 3 nitrogen and oxygen atoms in total. The normalized spacial score (nSPS) is 15.5. The molecule has 0 radical (unpaired) electrons. The van der Waals surface area contributed by atoms with Crippen LogP contribution in [0.5, 0.6) is 0 Å². The van der Waals surface area contributed by atoms with Crippen LogP contribution in [0.15, 0.2) is 22.7 Å². The number of alkyl halides is 4. The Morgan fingerprint density at radius 2 is 1.95 bits per heavy atom. The Balaban J connectivity index is 2.19. The van der Waals surface area contributed by atoms with E-state index in [4.69, 9.17) is 0 Å². The van der Waals surface area contributed by atoms with Crippen molar-refractivity contribution < 1.29 is 13.2 Å². The summed E-state index contributed by atoms with van der Waals surface area (Å²) >= 11 is 6.40. The lowest BCUT2D eigenvalue weighted by molar-refractivity contribution is -0.137. The molecule has 1 fully saturated rings. The second-order valence-electron chi connectivity index (χ2n) is 4.86. The lowest BCUT2D eigenvalue weighted by atomic mass is 10.1. The third-order valence-corrected chi connectivity index (χ3v) is 4.32. The van der Waals surface area contributed by atoms with Crippen molar-refractivity contribution >= 4 is 31.9 Å². The highest BCUT2D eigenvalue weighted by Gasteiger charge is 2.37. The van der Waals surface area contributed by atoms with Crippen molar-refractivity contribution in [3.8, 4) is 11.4 Å². The summed E-state index contributed by atoms with van der Waals surface area (Å²) in [7, 11) is 0. The Bertz CT molecular complexity index is 678. The van der Waals surface area contributed by atoms with E-state index >= 15 is 0 Å². The Hall–Kier alpha value is -0.890. The number of benzene rings is 1. The average Bonchev–Trinajstić information content (AvgIpc) is 3.17. The standard InChI is InChI=1S/C13H10Br2F3N3/c14-6-11-19-20-12(21(11)8-2-3-8)9-4-1-7(15)5-10(9)13(16,17)18/h1,4-5,8H,2-3,6H2. The summed E-state index contributed by atoms with van der Waals surface area (Å²) in [5.41, 5.74) is -0.635. The van der Waals surface area contributed by atoms with Gasteiger partial charge in [-0.1, -0.05) is 31.9 Å². The minimum atomic E-state index is -4.44.